The first kappa shape index (κ1) is 14.3. The van der Waals surface area contributed by atoms with E-state index in [4.69, 9.17) is 10.4 Å². The van der Waals surface area contributed by atoms with Crippen LogP contribution in [0.4, 0.5) is 4.79 Å². The molecule has 0 saturated heterocycles. The van der Waals surface area contributed by atoms with E-state index in [0.717, 1.165) is 11.1 Å². The number of rotatable bonds is 5. The lowest BCUT2D eigenvalue weighted by Crippen LogP contribution is -2.23. The van der Waals surface area contributed by atoms with Gasteiger partial charge in [-0.3, -0.25) is 0 Å². The average Bonchev–Trinajstić information content (AvgIpc) is 2.99. The largest absolute Gasteiger partial charge is 0.465 e. The average molecular weight is 283 g/mol. The Morgan fingerprint density at radius 1 is 1.52 bits per heavy atom. The molecule has 2 N–H and O–H groups in total. The van der Waals surface area contributed by atoms with E-state index < -0.39 is 6.09 Å². The van der Waals surface area contributed by atoms with Crippen LogP contribution in [0.25, 0.3) is 11.8 Å². The van der Waals surface area contributed by atoms with Crippen molar-refractivity contribution in [2.75, 3.05) is 6.54 Å². The Labute approximate surface area is 121 Å². The summed E-state index contributed by atoms with van der Waals surface area (Å²) in [6, 6.07) is 9.59. The molecule has 0 fully saturated rings. The fourth-order valence-electron chi connectivity index (χ4n) is 1.79. The van der Waals surface area contributed by atoms with Gasteiger partial charge in [-0.15, -0.1) is 0 Å². The summed E-state index contributed by atoms with van der Waals surface area (Å²) in [7, 11) is 0. The lowest BCUT2D eigenvalue weighted by Gasteiger charge is -2.04. The zero-order valence-corrected chi connectivity index (χ0v) is 11.1. The Bertz CT molecular complexity index is 686. The second kappa shape index (κ2) is 6.86. The van der Waals surface area contributed by atoms with Crippen molar-refractivity contribution in [2.45, 2.75) is 6.42 Å². The quantitative estimate of drug-likeness (QED) is 0.811. The molecule has 1 amide bonds. The minimum absolute atomic E-state index is 0.344. The molecule has 0 aliphatic rings. The molecule has 0 spiro atoms. The molecule has 0 bridgehead atoms. The number of hydrogen-bond donors (Lipinski definition) is 2. The Balaban J connectivity index is 2.13. The second-order valence-electron chi connectivity index (χ2n) is 4.21. The van der Waals surface area contributed by atoms with Crippen molar-refractivity contribution in [2.24, 2.45) is 0 Å². The van der Waals surface area contributed by atoms with E-state index >= 15 is 0 Å². The SMILES string of the molecule is N#C/C(=C\c1cccc(CCNC(=O)O)c1)n1cncn1. The molecular weight excluding hydrogens is 270 g/mol. The molecule has 0 unspecified atom stereocenters. The van der Waals surface area contributed by atoms with Gasteiger partial charge in [0.25, 0.3) is 0 Å². The van der Waals surface area contributed by atoms with Gasteiger partial charge in [-0.2, -0.15) is 10.4 Å². The molecular formula is C14H13N5O2. The number of allylic oxidation sites excluding steroid dienone is 1. The molecule has 0 saturated carbocycles. The van der Waals surface area contributed by atoms with Crippen molar-refractivity contribution in [1.82, 2.24) is 20.1 Å². The monoisotopic (exact) mass is 283 g/mol. The fraction of sp³-hybridized carbons (Fsp3) is 0.143. The normalized spacial score (nSPS) is 10.9. The number of nitrogens with one attached hydrogen (secondary N) is 1. The highest BCUT2D eigenvalue weighted by Crippen LogP contribution is 2.12. The van der Waals surface area contributed by atoms with Gasteiger partial charge in [-0.25, -0.2) is 14.5 Å². The van der Waals surface area contributed by atoms with Crippen LogP contribution in [0.15, 0.2) is 36.9 Å². The van der Waals surface area contributed by atoms with Crippen molar-refractivity contribution >= 4 is 17.9 Å². The Kier molecular flexibility index (Phi) is 4.66. The number of carbonyl (C=O) groups is 1. The highest BCUT2D eigenvalue weighted by atomic mass is 16.4. The summed E-state index contributed by atoms with van der Waals surface area (Å²) in [6.07, 6.45) is 4.06. The van der Waals surface area contributed by atoms with Crippen LogP contribution in [0.2, 0.25) is 0 Å². The fourth-order valence-corrected chi connectivity index (χ4v) is 1.79. The van der Waals surface area contributed by atoms with Crippen molar-refractivity contribution in [3.8, 4) is 6.07 Å². The van der Waals surface area contributed by atoms with Gasteiger partial charge in [-0.1, -0.05) is 24.3 Å². The van der Waals surface area contributed by atoms with E-state index in [9.17, 15) is 4.79 Å². The van der Waals surface area contributed by atoms with Gasteiger partial charge in [0.15, 0.2) is 0 Å². The molecule has 1 aromatic carbocycles. The van der Waals surface area contributed by atoms with E-state index in [1.54, 1.807) is 6.08 Å². The lowest BCUT2D eigenvalue weighted by atomic mass is 10.1. The third-order valence-electron chi connectivity index (χ3n) is 2.72. The maximum absolute atomic E-state index is 10.4. The number of hydrogen-bond acceptors (Lipinski definition) is 4. The first-order valence-corrected chi connectivity index (χ1v) is 6.21. The summed E-state index contributed by atoms with van der Waals surface area (Å²) in [5, 5.41) is 23.9. The number of benzene rings is 1. The highest BCUT2D eigenvalue weighted by molar-refractivity contribution is 5.78. The molecule has 7 heteroatoms. The third kappa shape index (κ3) is 4.18. The van der Waals surface area contributed by atoms with Gasteiger partial charge in [0.05, 0.1) is 0 Å². The third-order valence-corrected chi connectivity index (χ3v) is 2.72. The van der Waals surface area contributed by atoms with Crippen molar-refractivity contribution < 1.29 is 9.90 Å². The number of nitriles is 1. The highest BCUT2D eigenvalue weighted by Gasteiger charge is 2.01. The van der Waals surface area contributed by atoms with Gasteiger partial charge in [0, 0.05) is 6.54 Å². The molecule has 0 aliphatic heterocycles. The van der Waals surface area contributed by atoms with Crippen LogP contribution in [-0.2, 0) is 6.42 Å². The van der Waals surface area contributed by atoms with E-state index in [-0.39, 0.29) is 0 Å². The van der Waals surface area contributed by atoms with Crippen molar-refractivity contribution in [1.29, 1.82) is 5.26 Å². The van der Waals surface area contributed by atoms with E-state index in [1.807, 2.05) is 24.3 Å². The zero-order valence-electron chi connectivity index (χ0n) is 11.1. The Morgan fingerprint density at radius 3 is 3.05 bits per heavy atom. The summed E-state index contributed by atoms with van der Waals surface area (Å²) in [4.78, 5) is 14.2. The van der Waals surface area contributed by atoms with Crippen LogP contribution in [0.3, 0.4) is 0 Å². The first-order chi connectivity index (χ1) is 10.2. The zero-order chi connectivity index (χ0) is 15.1. The topological polar surface area (TPSA) is 104 Å². The van der Waals surface area contributed by atoms with E-state index in [1.165, 1.54) is 17.3 Å². The van der Waals surface area contributed by atoms with Crippen LogP contribution in [0.5, 0.6) is 0 Å². The molecule has 2 rings (SSSR count). The Morgan fingerprint density at radius 2 is 2.38 bits per heavy atom. The molecule has 21 heavy (non-hydrogen) atoms. The predicted octanol–water partition coefficient (Wildman–Crippen LogP) is 1.61. The molecule has 7 nitrogen and oxygen atoms in total. The van der Waals surface area contributed by atoms with Crippen LogP contribution in [0, 0.1) is 11.3 Å². The summed E-state index contributed by atoms with van der Waals surface area (Å²) in [6.45, 7) is 0.344. The molecule has 2 aromatic rings. The van der Waals surface area contributed by atoms with Gasteiger partial charge in [0.2, 0.25) is 0 Å². The minimum Gasteiger partial charge on any atom is -0.465 e. The second-order valence-corrected chi connectivity index (χ2v) is 4.21. The van der Waals surface area contributed by atoms with Gasteiger partial charge in [0.1, 0.15) is 24.4 Å². The number of carboxylic acid groups (broad SMARTS) is 1. The number of aromatic nitrogens is 3. The summed E-state index contributed by atoms with van der Waals surface area (Å²) in [5.41, 5.74) is 2.18. The van der Waals surface area contributed by atoms with E-state index in [2.05, 4.69) is 21.5 Å². The maximum Gasteiger partial charge on any atom is 0.404 e. The minimum atomic E-state index is -1.04. The van der Waals surface area contributed by atoms with Gasteiger partial charge >= 0.3 is 6.09 Å². The summed E-state index contributed by atoms with van der Waals surface area (Å²) in [5.74, 6) is 0. The molecule has 0 radical (unpaired) electrons. The molecule has 0 atom stereocenters. The summed E-state index contributed by atoms with van der Waals surface area (Å²) < 4.78 is 1.39. The number of amides is 1. The Hall–Kier alpha value is -3.14. The molecule has 0 aliphatic carbocycles. The van der Waals surface area contributed by atoms with Gasteiger partial charge in [-0.05, 0) is 23.6 Å². The molecule has 106 valence electrons. The standard InChI is InChI=1S/C14H13N5O2/c15-8-13(19-10-16-9-18-19)7-12-3-1-2-11(6-12)4-5-17-14(20)21/h1-3,6-7,9-10,17H,4-5H2,(H,20,21)/b13-7+. The predicted molar refractivity (Wildman–Crippen MR) is 76.0 cm³/mol. The van der Waals surface area contributed by atoms with Crippen molar-refractivity contribution in [3.05, 3.63) is 48.0 Å². The van der Waals surface area contributed by atoms with Crippen LogP contribution in [-0.4, -0.2) is 32.5 Å². The van der Waals surface area contributed by atoms with Gasteiger partial charge < -0.3 is 10.4 Å². The van der Waals surface area contributed by atoms with Crippen LogP contribution < -0.4 is 5.32 Å². The van der Waals surface area contributed by atoms with Crippen molar-refractivity contribution in [3.63, 3.8) is 0 Å². The molecule has 1 heterocycles. The first-order valence-electron chi connectivity index (χ1n) is 6.21. The lowest BCUT2D eigenvalue weighted by molar-refractivity contribution is 0.194. The van der Waals surface area contributed by atoms with E-state index in [0.29, 0.717) is 18.7 Å². The van der Waals surface area contributed by atoms with Crippen LogP contribution >= 0.6 is 0 Å². The molecule has 1 aromatic heterocycles. The smallest absolute Gasteiger partial charge is 0.404 e. The number of nitrogens with zero attached hydrogens (tertiary/aromatic N) is 4. The maximum atomic E-state index is 10.4. The van der Waals surface area contributed by atoms with Crippen LogP contribution in [0.1, 0.15) is 11.1 Å². The summed E-state index contributed by atoms with van der Waals surface area (Å²) >= 11 is 0.